The maximum atomic E-state index is 13.9. The molecule has 0 radical (unpaired) electrons. The van der Waals surface area contributed by atoms with Crippen molar-refractivity contribution in [2.75, 3.05) is 13.2 Å². The zero-order valence-electron chi connectivity index (χ0n) is 37.7. The zero-order valence-corrected chi connectivity index (χ0v) is 37.7. The summed E-state index contributed by atoms with van der Waals surface area (Å²) in [5.74, 6) is -0.923. The molecule has 61 heavy (non-hydrogen) atoms. The highest BCUT2D eigenvalue weighted by atomic mass is 16.7. The van der Waals surface area contributed by atoms with Gasteiger partial charge in [-0.3, -0.25) is 9.59 Å². The standard InChI is InChI=1S/C51H81NO9/c1-4-7-9-11-13-15-17-19-27-33-43(58-39-41-29-23-21-24-30-41)36-46(54)52-48-50(49(56)45(38-53)60-51(48)57-35-6-3)61-47(55)37-44(59-40-42-31-25-22-26-32-42)34-28-20-18-16-14-12-10-8-5-2/h6,21-26,29-32,43-45,48-51,53,56H,3-5,7-20,27-28,33-40H2,1-2H3,(H,52,54)/t43-,44+,45+,48+,49+,50+,51-/m0/s1. The number of nitrogens with one attached hydrogen (secondary N) is 1. The molecule has 10 heteroatoms. The molecule has 0 saturated carbocycles. The zero-order chi connectivity index (χ0) is 43.8. The second-order valence-corrected chi connectivity index (χ2v) is 16.9. The van der Waals surface area contributed by atoms with Crippen LogP contribution in [0.1, 0.15) is 166 Å². The fourth-order valence-electron chi connectivity index (χ4n) is 7.93. The van der Waals surface area contributed by atoms with Gasteiger partial charge in [-0.15, -0.1) is 6.58 Å². The van der Waals surface area contributed by atoms with Crippen LogP contribution in [0, 0.1) is 0 Å². The molecule has 0 aliphatic carbocycles. The van der Waals surface area contributed by atoms with E-state index in [1.54, 1.807) is 6.08 Å². The Hall–Kier alpha value is -3.12. The minimum Gasteiger partial charge on any atom is -0.457 e. The minimum atomic E-state index is -1.43. The van der Waals surface area contributed by atoms with E-state index in [2.05, 4.69) is 25.7 Å². The van der Waals surface area contributed by atoms with Crippen LogP contribution in [0.15, 0.2) is 73.3 Å². The van der Waals surface area contributed by atoms with E-state index in [1.807, 2.05) is 60.7 Å². The first-order chi connectivity index (χ1) is 29.9. The largest absolute Gasteiger partial charge is 0.457 e. The van der Waals surface area contributed by atoms with Gasteiger partial charge < -0.3 is 39.2 Å². The van der Waals surface area contributed by atoms with E-state index in [4.69, 9.17) is 23.7 Å². The van der Waals surface area contributed by atoms with Gasteiger partial charge in [0.25, 0.3) is 0 Å². The molecule has 1 heterocycles. The van der Waals surface area contributed by atoms with E-state index < -0.39 is 49.3 Å². The number of carbonyl (C=O) groups is 2. The number of unbranched alkanes of at least 4 members (excludes halogenated alkanes) is 16. The van der Waals surface area contributed by atoms with Crippen molar-refractivity contribution >= 4 is 11.9 Å². The Labute approximate surface area is 368 Å². The molecule has 1 saturated heterocycles. The molecule has 1 aliphatic rings. The van der Waals surface area contributed by atoms with Crippen LogP contribution in [0.3, 0.4) is 0 Å². The van der Waals surface area contributed by atoms with Crippen LogP contribution in [0.5, 0.6) is 0 Å². The Morgan fingerprint density at radius 3 is 1.62 bits per heavy atom. The molecule has 3 rings (SSSR count). The van der Waals surface area contributed by atoms with Gasteiger partial charge in [0.1, 0.15) is 18.2 Å². The average molecular weight is 852 g/mol. The molecular weight excluding hydrogens is 771 g/mol. The summed E-state index contributed by atoms with van der Waals surface area (Å²) >= 11 is 0. The molecule has 0 unspecified atom stereocenters. The Morgan fingerprint density at radius 1 is 0.705 bits per heavy atom. The van der Waals surface area contributed by atoms with E-state index in [0.717, 1.165) is 49.7 Å². The van der Waals surface area contributed by atoms with Crippen molar-refractivity contribution in [3.63, 3.8) is 0 Å². The highest BCUT2D eigenvalue weighted by Crippen LogP contribution is 2.27. The number of esters is 1. The highest BCUT2D eigenvalue weighted by Gasteiger charge is 2.48. The molecule has 2 aromatic carbocycles. The summed E-state index contributed by atoms with van der Waals surface area (Å²) in [5, 5.41) is 24.7. The summed E-state index contributed by atoms with van der Waals surface area (Å²) in [7, 11) is 0. The quantitative estimate of drug-likeness (QED) is 0.0348. The van der Waals surface area contributed by atoms with Gasteiger partial charge >= 0.3 is 5.97 Å². The first kappa shape index (κ1) is 52.2. The monoisotopic (exact) mass is 852 g/mol. The lowest BCUT2D eigenvalue weighted by Crippen LogP contribution is -2.66. The number of aliphatic hydroxyl groups is 2. The number of benzene rings is 2. The number of aliphatic hydroxyl groups excluding tert-OH is 2. The van der Waals surface area contributed by atoms with Gasteiger partial charge in [-0.05, 0) is 24.0 Å². The summed E-state index contributed by atoms with van der Waals surface area (Å²) in [6.45, 7) is 8.46. The molecule has 1 aliphatic heterocycles. The van der Waals surface area contributed by atoms with Gasteiger partial charge in [0.2, 0.25) is 5.91 Å². The van der Waals surface area contributed by atoms with Crippen LogP contribution in [0.25, 0.3) is 0 Å². The number of rotatable bonds is 36. The lowest BCUT2D eigenvalue weighted by molar-refractivity contribution is -0.271. The van der Waals surface area contributed by atoms with Crippen molar-refractivity contribution in [2.45, 2.75) is 211 Å². The highest BCUT2D eigenvalue weighted by molar-refractivity contribution is 5.77. The maximum absolute atomic E-state index is 13.9. The van der Waals surface area contributed by atoms with E-state index in [1.165, 1.54) is 77.0 Å². The molecule has 344 valence electrons. The number of ether oxygens (including phenoxy) is 5. The summed E-state index contributed by atoms with van der Waals surface area (Å²) in [6, 6.07) is 18.7. The molecule has 1 amide bonds. The Kier molecular flexibility index (Phi) is 28.6. The van der Waals surface area contributed by atoms with Gasteiger partial charge in [0.05, 0.1) is 51.5 Å². The lowest BCUT2D eigenvalue weighted by Gasteiger charge is -2.43. The topological polar surface area (TPSA) is 133 Å². The number of hydrogen-bond donors (Lipinski definition) is 3. The molecule has 0 spiro atoms. The van der Waals surface area contributed by atoms with E-state index in [9.17, 15) is 19.8 Å². The van der Waals surface area contributed by atoms with Crippen molar-refractivity contribution in [3.05, 3.63) is 84.4 Å². The minimum absolute atomic E-state index is 0.0370. The van der Waals surface area contributed by atoms with Crippen LogP contribution >= 0.6 is 0 Å². The van der Waals surface area contributed by atoms with Crippen molar-refractivity contribution in [1.82, 2.24) is 5.32 Å². The van der Waals surface area contributed by atoms with Crippen molar-refractivity contribution in [2.24, 2.45) is 0 Å². The molecular formula is C51H81NO9. The van der Waals surface area contributed by atoms with Gasteiger partial charge in [-0.1, -0.05) is 196 Å². The maximum Gasteiger partial charge on any atom is 0.308 e. The smallest absolute Gasteiger partial charge is 0.308 e. The lowest BCUT2D eigenvalue weighted by atomic mass is 9.96. The van der Waals surface area contributed by atoms with E-state index in [0.29, 0.717) is 26.1 Å². The second kappa shape index (κ2) is 33.4. The number of amides is 1. The van der Waals surface area contributed by atoms with Gasteiger partial charge in [-0.2, -0.15) is 0 Å². The third-order valence-corrected chi connectivity index (χ3v) is 11.6. The molecule has 1 fully saturated rings. The Balaban J connectivity index is 1.69. The predicted octanol–water partition coefficient (Wildman–Crippen LogP) is 10.5. The van der Waals surface area contributed by atoms with E-state index in [-0.39, 0.29) is 31.5 Å². The van der Waals surface area contributed by atoms with Gasteiger partial charge in [0.15, 0.2) is 12.4 Å². The van der Waals surface area contributed by atoms with Crippen LogP contribution in [-0.4, -0.2) is 78.2 Å². The summed E-state index contributed by atoms with van der Waals surface area (Å²) < 4.78 is 30.6. The number of carbonyl (C=O) groups excluding carboxylic acids is 2. The Bertz CT molecular complexity index is 1390. The first-order valence-electron chi connectivity index (χ1n) is 23.8. The molecule has 2 aromatic rings. The summed E-state index contributed by atoms with van der Waals surface area (Å²) in [6.07, 6.45) is 18.7. The van der Waals surface area contributed by atoms with Gasteiger partial charge in [-0.25, -0.2) is 0 Å². The summed E-state index contributed by atoms with van der Waals surface area (Å²) in [5.41, 5.74) is 2.03. The Morgan fingerprint density at radius 2 is 1.16 bits per heavy atom. The van der Waals surface area contributed by atoms with Gasteiger partial charge in [0, 0.05) is 0 Å². The molecule has 3 N–H and O–H groups in total. The SMILES string of the molecule is C=CCO[C@H]1O[C@H](CO)[C@@H](O)[C@H](OC(=O)C[C@@H](CCCCCCCCCCC)OCc2ccccc2)[C@H]1NC(=O)C[C@H](CCCCCCCCCCC)OCc1ccccc1. The van der Waals surface area contributed by atoms with Crippen LogP contribution in [0.2, 0.25) is 0 Å². The first-order valence-corrected chi connectivity index (χ1v) is 23.8. The molecule has 7 atom stereocenters. The summed E-state index contributed by atoms with van der Waals surface area (Å²) in [4.78, 5) is 27.8. The molecule has 10 nitrogen and oxygen atoms in total. The second-order valence-electron chi connectivity index (χ2n) is 16.9. The predicted molar refractivity (Wildman–Crippen MR) is 243 cm³/mol. The van der Waals surface area contributed by atoms with Crippen molar-refractivity contribution in [3.8, 4) is 0 Å². The van der Waals surface area contributed by atoms with Crippen molar-refractivity contribution in [1.29, 1.82) is 0 Å². The average Bonchev–Trinajstić information content (AvgIpc) is 3.27. The van der Waals surface area contributed by atoms with Crippen LogP contribution < -0.4 is 5.32 Å². The molecule has 0 bridgehead atoms. The number of hydrogen-bond acceptors (Lipinski definition) is 9. The van der Waals surface area contributed by atoms with Crippen LogP contribution in [0.4, 0.5) is 0 Å². The fourth-order valence-corrected chi connectivity index (χ4v) is 7.93. The normalized spacial score (nSPS) is 19.9. The van der Waals surface area contributed by atoms with Crippen LogP contribution in [-0.2, 0) is 46.5 Å². The van der Waals surface area contributed by atoms with Crippen molar-refractivity contribution < 1.29 is 43.5 Å². The third-order valence-electron chi connectivity index (χ3n) is 11.6. The van der Waals surface area contributed by atoms with E-state index >= 15 is 0 Å². The molecule has 0 aromatic heterocycles. The third kappa shape index (κ3) is 22.7. The fraction of sp³-hybridized carbons (Fsp3) is 0.686.